The molecule has 1 saturated carbocycles. The predicted molar refractivity (Wildman–Crippen MR) is 82.8 cm³/mol. The van der Waals surface area contributed by atoms with Crippen molar-refractivity contribution < 1.29 is 4.74 Å². The second kappa shape index (κ2) is 6.28. The third-order valence-corrected chi connectivity index (χ3v) is 5.29. The molecule has 1 aliphatic carbocycles. The molecule has 0 spiro atoms. The molecule has 0 amide bonds. The summed E-state index contributed by atoms with van der Waals surface area (Å²) >= 11 is 0. The molecular formula is C18H27NO. The van der Waals surface area contributed by atoms with Gasteiger partial charge in [-0.05, 0) is 44.3 Å². The SMILES string of the molecule is CO[C@@H]1CCCC[C@@]1(c1ccccc1)N1CCCCC1. The van der Waals surface area contributed by atoms with Crippen molar-refractivity contribution >= 4 is 0 Å². The van der Waals surface area contributed by atoms with E-state index in [-0.39, 0.29) is 5.54 Å². The van der Waals surface area contributed by atoms with Gasteiger partial charge in [0, 0.05) is 7.11 Å². The van der Waals surface area contributed by atoms with Crippen LogP contribution in [0.5, 0.6) is 0 Å². The van der Waals surface area contributed by atoms with Crippen molar-refractivity contribution in [2.75, 3.05) is 20.2 Å². The van der Waals surface area contributed by atoms with Gasteiger partial charge in [0.05, 0.1) is 11.6 Å². The molecule has 0 radical (unpaired) electrons. The van der Waals surface area contributed by atoms with Crippen molar-refractivity contribution in [3.8, 4) is 0 Å². The predicted octanol–water partition coefficient (Wildman–Crippen LogP) is 3.96. The number of benzene rings is 1. The van der Waals surface area contributed by atoms with E-state index < -0.39 is 0 Å². The highest BCUT2D eigenvalue weighted by molar-refractivity contribution is 5.27. The van der Waals surface area contributed by atoms with Gasteiger partial charge in [0.15, 0.2) is 0 Å². The summed E-state index contributed by atoms with van der Waals surface area (Å²) in [5.41, 5.74) is 1.59. The first-order valence-corrected chi connectivity index (χ1v) is 8.21. The molecule has 1 aliphatic heterocycles. The monoisotopic (exact) mass is 273 g/mol. The summed E-state index contributed by atoms with van der Waals surface area (Å²) < 4.78 is 5.97. The number of ether oxygens (including phenoxy) is 1. The highest BCUT2D eigenvalue weighted by atomic mass is 16.5. The molecule has 2 heteroatoms. The number of likely N-dealkylation sites (tertiary alicyclic amines) is 1. The van der Waals surface area contributed by atoms with Gasteiger partial charge in [-0.3, -0.25) is 4.90 Å². The maximum atomic E-state index is 5.97. The molecule has 110 valence electrons. The highest BCUT2D eigenvalue weighted by Crippen LogP contribution is 2.44. The normalized spacial score (nSPS) is 32.1. The number of nitrogens with zero attached hydrogens (tertiary/aromatic N) is 1. The van der Waals surface area contributed by atoms with Crippen LogP contribution < -0.4 is 0 Å². The molecule has 2 aliphatic rings. The van der Waals surface area contributed by atoms with E-state index >= 15 is 0 Å². The van der Waals surface area contributed by atoms with E-state index in [1.807, 2.05) is 7.11 Å². The number of rotatable bonds is 3. The van der Waals surface area contributed by atoms with Gasteiger partial charge in [0.2, 0.25) is 0 Å². The van der Waals surface area contributed by atoms with E-state index in [0.717, 1.165) is 0 Å². The van der Waals surface area contributed by atoms with Crippen molar-refractivity contribution in [1.82, 2.24) is 4.90 Å². The zero-order chi connectivity index (χ0) is 13.8. The first-order valence-electron chi connectivity index (χ1n) is 8.21. The van der Waals surface area contributed by atoms with Crippen LogP contribution >= 0.6 is 0 Å². The standard InChI is InChI=1S/C18H27NO/c1-20-17-12-6-7-13-18(17,16-10-4-2-5-11-16)19-14-8-3-9-15-19/h2,4-5,10-11,17H,3,6-9,12-15H2,1H3/t17-,18+/m1/s1. The molecule has 0 unspecified atom stereocenters. The topological polar surface area (TPSA) is 12.5 Å². The smallest absolute Gasteiger partial charge is 0.0796 e. The number of hydrogen-bond donors (Lipinski definition) is 0. The second-order valence-electron chi connectivity index (χ2n) is 6.31. The van der Waals surface area contributed by atoms with Crippen LogP contribution in [0.4, 0.5) is 0 Å². The molecule has 2 atom stereocenters. The Morgan fingerprint density at radius 2 is 1.75 bits per heavy atom. The fourth-order valence-electron chi connectivity index (χ4n) is 4.33. The minimum Gasteiger partial charge on any atom is -0.379 e. The van der Waals surface area contributed by atoms with Crippen LogP contribution in [0.1, 0.15) is 50.5 Å². The summed E-state index contributed by atoms with van der Waals surface area (Å²) in [5, 5.41) is 0. The van der Waals surface area contributed by atoms with Crippen LogP contribution in [0, 0.1) is 0 Å². The summed E-state index contributed by atoms with van der Waals surface area (Å²) in [5.74, 6) is 0. The van der Waals surface area contributed by atoms with Crippen molar-refractivity contribution in [2.45, 2.75) is 56.6 Å². The van der Waals surface area contributed by atoms with E-state index in [2.05, 4.69) is 35.2 Å². The summed E-state index contributed by atoms with van der Waals surface area (Å²) in [7, 11) is 1.90. The Balaban J connectivity index is 2.01. The van der Waals surface area contributed by atoms with Gasteiger partial charge in [-0.1, -0.05) is 49.6 Å². The molecule has 1 aromatic carbocycles. The van der Waals surface area contributed by atoms with E-state index in [4.69, 9.17) is 4.74 Å². The van der Waals surface area contributed by atoms with Crippen LogP contribution in [0.25, 0.3) is 0 Å². The highest BCUT2D eigenvalue weighted by Gasteiger charge is 2.47. The van der Waals surface area contributed by atoms with Crippen LogP contribution in [0.3, 0.4) is 0 Å². The Morgan fingerprint density at radius 1 is 1.00 bits per heavy atom. The molecule has 2 fully saturated rings. The van der Waals surface area contributed by atoms with Crippen molar-refractivity contribution in [3.63, 3.8) is 0 Å². The van der Waals surface area contributed by atoms with Gasteiger partial charge in [-0.2, -0.15) is 0 Å². The Hall–Kier alpha value is -0.860. The lowest BCUT2D eigenvalue weighted by Crippen LogP contribution is -2.57. The lowest BCUT2D eigenvalue weighted by atomic mass is 9.72. The average Bonchev–Trinajstić information content (AvgIpc) is 2.56. The number of methoxy groups -OCH3 is 1. The molecule has 3 rings (SSSR count). The minimum atomic E-state index is 0.120. The summed E-state index contributed by atoms with van der Waals surface area (Å²) in [6, 6.07) is 11.1. The van der Waals surface area contributed by atoms with Gasteiger partial charge in [-0.15, -0.1) is 0 Å². The van der Waals surface area contributed by atoms with E-state index in [0.29, 0.717) is 6.10 Å². The molecule has 1 heterocycles. The van der Waals surface area contributed by atoms with Crippen LogP contribution in [-0.4, -0.2) is 31.2 Å². The Bertz CT molecular complexity index is 413. The molecule has 0 bridgehead atoms. The first kappa shape index (κ1) is 14.1. The lowest BCUT2D eigenvalue weighted by molar-refractivity contribution is -0.0913. The van der Waals surface area contributed by atoms with Crippen molar-refractivity contribution in [3.05, 3.63) is 35.9 Å². The molecule has 0 aromatic heterocycles. The maximum absolute atomic E-state index is 5.97. The van der Waals surface area contributed by atoms with Crippen molar-refractivity contribution in [2.24, 2.45) is 0 Å². The summed E-state index contributed by atoms with van der Waals surface area (Å²) in [6.45, 7) is 2.46. The molecule has 1 aromatic rings. The third-order valence-electron chi connectivity index (χ3n) is 5.29. The lowest BCUT2D eigenvalue weighted by Gasteiger charge is -2.52. The van der Waals surface area contributed by atoms with E-state index in [9.17, 15) is 0 Å². The fraction of sp³-hybridized carbons (Fsp3) is 0.667. The Kier molecular flexibility index (Phi) is 4.42. The summed E-state index contributed by atoms with van der Waals surface area (Å²) in [6.07, 6.45) is 9.48. The molecule has 0 N–H and O–H groups in total. The van der Waals surface area contributed by atoms with Gasteiger partial charge < -0.3 is 4.74 Å². The number of hydrogen-bond acceptors (Lipinski definition) is 2. The van der Waals surface area contributed by atoms with Gasteiger partial charge in [0.25, 0.3) is 0 Å². The fourth-order valence-corrected chi connectivity index (χ4v) is 4.33. The molecule has 1 saturated heterocycles. The maximum Gasteiger partial charge on any atom is 0.0796 e. The van der Waals surface area contributed by atoms with Gasteiger partial charge >= 0.3 is 0 Å². The van der Waals surface area contributed by atoms with Gasteiger partial charge in [-0.25, -0.2) is 0 Å². The number of piperidine rings is 1. The largest absolute Gasteiger partial charge is 0.379 e. The van der Waals surface area contributed by atoms with Gasteiger partial charge in [0.1, 0.15) is 0 Å². The van der Waals surface area contributed by atoms with E-state index in [1.165, 1.54) is 63.6 Å². The average molecular weight is 273 g/mol. The Labute approximate surface area is 123 Å². The van der Waals surface area contributed by atoms with Crippen LogP contribution in [0.15, 0.2) is 30.3 Å². The first-order chi connectivity index (χ1) is 9.88. The zero-order valence-corrected chi connectivity index (χ0v) is 12.7. The summed E-state index contributed by atoms with van der Waals surface area (Å²) in [4.78, 5) is 2.74. The van der Waals surface area contributed by atoms with Crippen LogP contribution in [0.2, 0.25) is 0 Å². The molecule has 2 nitrogen and oxygen atoms in total. The third kappa shape index (κ3) is 2.40. The quantitative estimate of drug-likeness (QED) is 0.826. The Morgan fingerprint density at radius 3 is 2.45 bits per heavy atom. The van der Waals surface area contributed by atoms with Crippen LogP contribution in [-0.2, 0) is 10.3 Å². The van der Waals surface area contributed by atoms with Crippen molar-refractivity contribution in [1.29, 1.82) is 0 Å². The molecular weight excluding hydrogens is 246 g/mol. The second-order valence-corrected chi connectivity index (χ2v) is 6.31. The zero-order valence-electron chi connectivity index (χ0n) is 12.7. The minimum absolute atomic E-state index is 0.120. The molecule has 20 heavy (non-hydrogen) atoms. The van der Waals surface area contributed by atoms with E-state index in [1.54, 1.807) is 0 Å².